The van der Waals surface area contributed by atoms with Crippen molar-refractivity contribution in [1.29, 1.82) is 0 Å². The second kappa shape index (κ2) is 10.3. The van der Waals surface area contributed by atoms with Crippen LogP contribution in [0.5, 0.6) is 17.2 Å². The number of thiocarbonyl (C=S) groups is 1. The molecular formula is C23H14ClN3O7S2. The molecule has 3 aromatic carbocycles. The number of nitro benzene ring substituents is 2. The lowest BCUT2D eigenvalue weighted by Gasteiger charge is -2.14. The van der Waals surface area contributed by atoms with Gasteiger partial charge in [-0.3, -0.25) is 29.9 Å². The highest BCUT2D eigenvalue weighted by atomic mass is 35.5. The number of carbonyl (C=O) groups excluding carboxylic acids is 1. The quantitative estimate of drug-likeness (QED) is 0.145. The Hall–Kier alpha value is -4.00. The molecule has 1 aliphatic heterocycles. The van der Waals surface area contributed by atoms with E-state index in [0.717, 1.165) is 30.0 Å². The highest BCUT2D eigenvalue weighted by Crippen LogP contribution is 2.40. The molecule has 0 unspecified atom stereocenters. The van der Waals surface area contributed by atoms with Crippen LogP contribution in [0, 0.1) is 20.2 Å². The number of thioether (sulfide) groups is 1. The first-order valence-electron chi connectivity index (χ1n) is 10.00. The van der Waals surface area contributed by atoms with Gasteiger partial charge in [-0.25, -0.2) is 0 Å². The summed E-state index contributed by atoms with van der Waals surface area (Å²) < 4.78 is 11.3. The summed E-state index contributed by atoms with van der Waals surface area (Å²) in [5, 5.41) is 22.9. The Kier molecular flexibility index (Phi) is 7.20. The van der Waals surface area contributed by atoms with E-state index >= 15 is 0 Å². The van der Waals surface area contributed by atoms with Gasteiger partial charge >= 0.3 is 5.69 Å². The number of rotatable bonds is 7. The molecule has 0 atom stereocenters. The van der Waals surface area contributed by atoms with Gasteiger partial charge in [-0.05, 0) is 48.0 Å². The normalized spacial score (nSPS) is 14.3. The SMILES string of the molecule is COc1ccc(/C=C2\SC(=S)N(c3cccc(Cl)c3)C2=O)cc1Oc1ccc([N+](=O)[O-])cc1[N+](=O)[O-]. The van der Waals surface area contributed by atoms with E-state index in [0.29, 0.717) is 25.5 Å². The topological polar surface area (TPSA) is 125 Å². The third kappa shape index (κ3) is 5.15. The van der Waals surface area contributed by atoms with Crippen LogP contribution in [0.4, 0.5) is 17.1 Å². The molecule has 0 aromatic heterocycles. The molecule has 182 valence electrons. The average Bonchev–Trinajstić information content (AvgIpc) is 3.11. The van der Waals surface area contributed by atoms with Gasteiger partial charge in [0.2, 0.25) is 5.75 Å². The maximum absolute atomic E-state index is 13.1. The van der Waals surface area contributed by atoms with Crippen LogP contribution in [-0.4, -0.2) is 27.2 Å². The van der Waals surface area contributed by atoms with Gasteiger partial charge in [0.1, 0.15) is 0 Å². The van der Waals surface area contributed by atoms with Crippen LogP contribution in [0.3, 0.4) is 0 Å². The number of benzene rings is 3. The average molecular weight is 544 g/mol. The number of anilines is 1. The molecule has 36 heavy (non-hydrogen) atoms. The number of non-ortho nitro benzene ring substituents is 1. The van der Waals surface area contributed by atoms with Crippen LogP contribution in [0.25, 0.3) is 6.08 Å². The lowest BCUT2D eigenvalue weighted by atomic mass is 10.1. The molecule has 0 saturated carbocycles. The Bertz CT molecular complexity index is 1460. The van der Waals surface area contributed by atoms with Gasteiger partial charge in [0.25, 0.3) is 11.6 Å². The van der Waals surface area contributed by atoms with Crippen LogP contribution >= 0.6 is 35.6 Å². The molecule has 1 saturated heterocycles. The molecule has 13 heteroatoms. The molecule has 0 aliphatic carbocycles. The van der Waals surface area contributed by atoms with Crippen molar-refractivity contribution in [3.63, 3.8) is 0 Å². The molecule has 1 aliphatic rings. The second-order valence-corrected chi connectivity index (χ2v) is 9.29. The van der Waals surface area contributed by atoms with E-state index < -0.39 is 21.2 Å². The molecule has 10 nitrogen and oxygen atoms in total. The number of ether oxygens (including phenoxy) is 2. The van der Waals surface area contributed by atoms with Crippen LogP contribution in [-0.2, 0) is 4.79 Å². The number of carbonyl (C=O) groups is 1. The number of methoxy groups -OCH3 is 1. The van der Waals surface area contributed by atoms with Gasteiger partial charge < -0.3 is 9.47 Å². The van der Waals surface area contributed by atoms with E-state index in [4.69, 9.17) is 33.3 Å². The van der Waals surface area contributed by atoms with Gasteiger partial charge in [0, 0.05) is 11.1 Å². The first kappa shape index (κ1) is 25.1. The monoisotopic (exact) mass is 543 g/mol. The summed E-state index contributed by atoms with van der Waals surface area (Å²) in [6, 6.07) is 14.6. The molecular weight excluding hydrogens is 530 g/mol. The van der Waals surface area contributed by atoms with E-state index in [1.165, 1.54) is 18.1 Å². The molecule has 1 heterocycles. The Morgan fingerprint density at radius 3 is 2.42 bits per heavy atom. The van der Waals surface area contributed by atoms with E-state index in [1.54, 1.807) is 42.5 Å². The number of nitrogens with zero attached hydrogens (tertiary/aromatic N) is 3. The molecule has 1 fully saturated rings. The number of hydrogen-bond donors (Lipinski definition) is 0. The highest BCUT2D eigenvalue weighted by molar-refractivity contribution is 8.27. The van der Waals surface area contributed by atoms with Crippen LogP contribution in [0.2, 0.25) is 5.02 Å². The molecule has 0 N–H and O–H groups in total. The Morgan fingerprint density at radius 1 is 1.00 bits per heavy atom. The van der Waals surface area contributed by atoms with Crippen molar-refractivity contribution in [2.24, 2.45) is 0 Å². The maximum atomic E-state index is 13.1. The number of nitro groups is 2. The summed E-state index contributed by atoms with van der Waals surface area (Å²) in [6.45, 7) is 0. The minimum absolute atomic E-state index is 0.105. The Labute approximate surface area is 218 Å². The van der Waals surface area contributed by atoms with Crippen molar-refractivity contribution in [3.05, 3.63) is 96.4 Å². The van der Waals surface area contributed by atoms with E-state index in [1.807, 2.05) is 0 Å². The van der Waals surface area contributed by atoms with E-state index in [2.05, 4.69) is 0 Å². The zero-order valence-corrected chi connectivity index (χ0v) is 20.6. The summed E-state index contributed by atoms with van der Waals surface area (Å²) in [5.74, 6) is -0.190. The van der Waals surface area contributed by atoms with Crippen molar-refractivity contribution < 1.29 is 24.1 Å². The predicted molar refractivity (Wildman–Crippen MR) is 140 cm³/mol. The summed E-state index contributed by atoms with van der Waals surface area (Å²) >= 11 is 12.5. The summed E-state index contributed by atoms with van der Waals surface area (Å²) in [4.78, 5) is 35.7. The second-order valence-electron chi connectivity index (χ2n) is 7.18. The zero-order chi connectivity index (χ0) is 26.0. The van der Waals surface area contributed by atoms with Gasteiger partial charge in [0.05, 0.1) is 33.6 Å². The molecule has 0 radical (unpaired) electrons. The Morgan fingerprint density at radius 2 is 1.75 bits per heavy atom. The van der Waals surface area contributed by atoms with Crippen molar-refractivity contribution in [2.45, 2.75) is 0 Å². The van der Waals surface area contributed by atoms with Crippen molar-refractivity contribution in [3.8, 4) is 17.2 Å². The van der Waals surface area contributed by atoms with Crippen LogP contribution in [0.1, 0.15) is 5.56 Å². The molecule has 4 rings (SSSR count). The lowest BCUT2D eigenvalue weighted by Crippen LogP contribution is -2.27. The molecule has 0 bridgehead atoms. The fourth-order valence-electron chi connectivity index (χ4n) is 3.29. The first-order chi connectivity index (χ1) is 17.2. The minimum atomic E-state index is -0.778. The fourth-order valence-corrected chi connectivity index (χ4v) is 4.77. The van der Waals surface area contributed by atoms with E-state index in [-0.39, 0.29) is 23.2 Å². The fraction of sp³-hybridized carbons (Fsp3) is 0.0435. The summed E-state index contributed by atoms with van der Waals surface area (Å²) in [6.07, 6.45) is 1.60. The van der Waals surface area contributed by atoms with Crippen LogP contribution in [0.15, 0.2) is 65.6 Å². The van der Waals surface area contributed by atoms with Crippen molar-refractivity contribution >= 4 is 68.9 Å². The largest absolute Gasteiger partial charge is 0.493 e. The maximum Gasteiger partial charge on any atom is 0.318 e. The molecule has 1 amide bonds. The van der Waals surface area contributed by atoms with Crippen LogP contribution < -0.4 is 14.4 Å². The number of amides is 1. The standard InChI is InChI=1S/C23H14ClN3O7S2/c1-33-19-7-5-13(9-20(19)34-18-8-6-16(26(29)30)12-17(18)27(31)32)10-21-22(28)25(23(35)36-21)15-4-2-3-14(24)11-15/h2-12H,1H3/b21-10-. The van der Waals surface area contributed by atoms with Crippen molar-refractivity contribution in [1.82, 2.24) is 0 Å². The number of hydrogen-bond acceptors (Lipinski definition) is 9. The zero-order valence-electron chi connectivity index (χ0n) is 18.2. The van der Waals surface area contributed by atoms with E-state index in [9.17, 15) is 25.0 Å². The van der Waals surface area contributed by atoms with Gasteiger partial charge in [-0.1, -0.05) is 47.7 Å². The third-order valence-corrected chi connectivity index (χ3v) is 6.45. The summed E-state index contributed by atoms with van der Waals surface area (Å²) in [7, 11) is 1.39. The molecule has 0 spiro atoms. The first-order valence-corrected chi connectivity index (χ1v) is 11.6. The van der Waals surface area contributed by atoms with Gasteiger partial charge in [-0.2, -0.15) is 0 Å². The number of halogens is 1. The smallest absolute Gasteiger partial charge is 0.318 e. The summed E-state index contributed by atoms with van der Waals surface area (Å²) in [5.41, 5.74) is 0.0372. The Balaban J connectivity index is 1.67. The molecule has 3 aromatic rings. The lowest BCUT2D eigenvalue weighted by molar-refractivity contribution is -0.394. The minimum Gasteiger partial charge on any atom is -0.493 e. The van der Waals surface area contributed by atoms with Gasteiger partial charge in [-0.15, -0.1) is 0 Å². The van der Waals surface area contributed by atoms with Crippen molar-refractivity contribution in [2.75, 3.05) is 12.0 Å². The van der Waals surface area contributed by atoms with Gasteiger partial charge in [0.15, 0.2) is 15.8 Å². The third-order valence-electron chi connectivity index (χ3n) is 4.92. The highest BCUT2D eigenvalue weighted by Gasteiger charge is 2.33. The predicted octanol–water partition coefficient (Wildman–Crippen LogP) is 6.36.